The van der Waals surface area contributed by atoms with E-state index in [0.717, 1.165) is 22.5 Å². The average Bonchev–Trinajstić information content (AvgIpc) is 2.69. The molecule has 1 atom stereocenters. The molecule has 3 rings (SSSR count). The lowest BCUT2D eigenvalue weighted by Gasteiger charge is -2.15. The van der Waals surface area contributed by atoms with Crippen LogP contribution < -0.4 is 10.6 Å². The first-order valence-corrected chi connectivity index (χ1v) is 6.45. The Kier molecular flexibility index (Phi) is 2.91. The van der Waals surface area contributed by atoms with Crippen LogP contribution >= 0.6 is 11.6 Å². The first kappa shape index (κ1) is 12.1. The smallest absolute Gasteiger partial charge is 0.251 e. The highest BCUT2D eigenvalue weighted by Crippen LogP contribution is 2.33. The van der Waals surface area contributed by atoms with Crippen molar-refractivity contribution >= 4 is 28.9 Å². The molecule has 0 spiro atoms. The Labute approximate surface area is 116 Å². The molecule has 1 aliphatic rings. The van der Waals surface area contributed by atoms with E-state index in [1.165, 1.54) is 0 Å². The summed E-state index contributed by atoms with van der Waals surface area (Å²) in [5.41, 5.74) is 3.78. The molecule has 0 aromatic heterocycles. The number of nitrogens with one attached hydrogen (secondary N) is 2. The predicted molar refractivity (Wildman–Crippen MR) is 77.6 cm³/mol. The minimum Gasteiger partial charge on any atom is -0.370 e. The van der Waals surface area contributed by atoms with Crippen LogP contribution in [0.1, 0.15) is 17.2 Å². The van der Waals surface area contributed by atoms with Crippen molar-refractivity contribution in [3.05, 3.63) is 58.6 Å². The number of halogens is 1. The summed E-state index contributed by atoms with van der Waals surface area (Å²) in [4.78, 5) is 12.0. The first-order valence-electron chi connectivity index (χ1n) is 6.07. The Morgan fingerprint density at radius 1 is 1.21 bits per heavy atom. The van der Waals surface area contributed by atoms with Crippen LogP contribution in [0.5, 0.6) is 0 Å². The van der Waals surface area contributed by atoms with Crippen LogP contribution in [0.15, 0.2) is 42.5 Å². The Hall–Kier alpha value is -2.00. The van der Waals surface area contributed by atoms with Crippen LogP contribution in [-0.2, 0) is 4.79 Å². The Bertz CT molecular complexity index is 654. The van der Waals surface area contributed by atoms with Gasteiger partial charge in [-0.1, -0.05) is 29.8 Å². The second kappa shape index (κ2) is 4.59. The third-order valence-corrected chi connectivity index (χ3v) is 3.52. The SMILES string of the molecule is Cc1cc(Cl)ccc1NC1C(=O)Nc2ccccc21. The van der Waals surface area contributed by atoms with Gasteiger partial charge in [-0.15, -0.1) is 0 Å². The van der Waals surface area contributed by atoms with Crippen LogP contribution in [0.2, 0.25) is 5.02 Å². The largest absolute Gasteiger partial charge is 0.370 e. The molecule has 96 valence electrons. The van der Waals surface area contributed by atoms with Gasteiger partial charge >= 0.3 is 0 Å². The van der Waals surface area contributed by atoms with Crippen molar-refractivity contribution in [2.24, 2.45) is 0 Å². The maximum Gasteiger partial charge on any atom is 0.251 e. The van der Waals surface area contributed by atoms with Gasteiger partial charge in [0.25, 0.3) is 5.91 Å². The number of hydrogen-bond donors (Lipinski definition) is 2. The summed E-state index contributed by atoms with van der Waals surface area (Å²) < 4.78 is 0. The number of rotatable bonds is 2. The fraction of sp³-hybridized carbons (Fsp3) is 0.133. The van der Waals surface area contributed by atoms with Crippen LogP contribution in [0, 0.1) is 6.92 Å². The van der Waals surface area contributed by atoms with E-state index in [4.69, 9.17) is 11.6 Å². The normalized spacial score (nSPS) is 16.9. The summed E-state index contributed by atoms with van der Waals surface area (Å²) >= 11 is 5.94. The van der Waals surface area contributed by atoms with E-state index in [1.54, 1.807) is 0 Å². The van der Waals surface area contributed by atoms with Crippen LogP contribution in [0.3, 0.4) is 0 Å². The molecule has 1 heterocycles. The summed E-state index contributed by atoms with van der Waals surface area (Å²) in [6.07, 6.45) is 0. The molecule has 2 N–H and O–H groups in total. The molecular formula is C15H13ClN2O. The van der Waals surface area contributed by atoms with E-state index < -0.39 is 0 Å². The van der Waals surface area contributed by atoms with Crippen molar-refractivity contribution in [3.63, 3.8) is 0 Å². The standard InChI is InChI=1S/C15H13ClN2O/c1-9-8-10(16)6-7-12(9)17-14-11-4-2-3-5-13(11)18-15(14)19/h2-8,14,17H,1H3,(H,18,19). The monoisotopic (exact) mass is 272 g/mol. The highest BCUT2D eigenvalue weighted by Gasteiger charge is 2.30. The van der Waals surface area contributed by atoms with Gasteiger partial charge in [0, 0.05) is 22.0 Å². The minimum absolute atomic E-state index is 0.0319. The molecule has 0 fully saturated rings. The fourth-order valence-electron chi connectivity index (χ4n) is 2.30. The third-order valence-electron chi connectivity index (χ3n) is 3.28. The molecular weight excluding hydrogens is 260 g/mol. The van der Waals surface area contributed by atoms with E-state index in [2.05, 4.69) is 10.6 Å². The third kappa shape index (κ3) is 2.17. The van der Waals surface area contributed by atoms with Crippen LogP contribution in [0.4, 0.5) is 11.4 Å². The molecule has 0 bridgehead atoms. The number of para-hydroxylation sites is 1. The van der Waals surface area contributed by atoms with Crippen LogP contribution in [0.25, 0.3) is 0 Å². The highest BCUT2D eigenvalue weighted by molar-refractivity contribution is 6.30. The average molecular weight is 273 g/mol. The Morgan fingerprint density at radius 2 is 2.00 bits per heavy atom. The van der Waals surface area contributed by atoms with E-state index in [0.29, 0.717) is 5.02 Å². The van der Waals surface area contributed by atoms with Gasteiger partial charge in [0.1, 0.15) is 6.04 Å². The van der Waals surface area contributed by atoms with E-state index in [1.807, 2.05) is 49.4 Å². The van der Waals surface area contributed by atoms with Crippen molar-refractivity contribution in [1.29, 1.82) is 0 Å². The maximum atomic E-state index is 12.0. The lowest BCUT2D eigenvalue weighted by atomic mass is 10.1. The van der Waals surface area contributed by atoms with Gasteiger partial charge in [-0.25, -0.2) is 0 Å². The van der Waals surface area contributed by atoms with E-state index >= 15 is 0 Å². The van der Waals surface area contributed by atoms with Gasteiger partial charge in [0.15, 0.2) is 0 Å². The molecule has 19 heavy (non-hydrogen) atoms. The van der Waals surface area contributed by atoms with Crippen molar-refractivity contribution in [3.8, 4) is 0 Å². The number of carbonyl (C=O) groups excluding carboxylic acids is 1. The predicted octanol–water partition coefficient (Wildman–Crippen LogP) is 3.75. The molecule has 4 heteroatoms. The van der Waals surface area contributed by atoms with Crippen molar-refractivity contribution in [2.75, 3.05) is 10.6 Å². The number of fused-ring (bicyclic) bond motifs is 1. The molecule has 1 aliphatic heterocycles. The van der Waals surface area contributed by atoms with E-state index in [-0.39, 0.29) is 11.9 Å². The second-order valence-corrected chi connectivity index (χ2v) is 5.05. The zero-order valence-electron chi connectivity index (χ0n) is 10.4. The fourth-order valence-corrected chi connectivity index (χ4v) is 2.52. The van der Waals surface area contributed by atoms with Gasteiger partial charge in [-0.3, -0.25) is 4.79 Å². The molecule has 2 aromatic rings. The van der Waals surface area contributed by atoms with Gasteiger partial charge in [0.05, 0.1) is 0 Å². The first-order chi connectivity index (χ1) is 9.15. The zero-order valence-corrected chi connectivity index (χ0v) is 11.2. The number of carbonyl (C=O) groups is 1. The zero-order chi connectivity index (χ0) is 13.4. The number of hydrogen-bond acceptors (Lipinski definition) is 2. The Balaban J connectivity index is 1.93. The highest BCUT2D eigenvalue weighted by atomic mass is 35.5. The Morgan fingerprint density at radius 3 is 2.79 bits per heavy atom. The number of anilines is 2. The van der Waals surface area contributed by atoms with Gasteiger partial charge in [0.2, 0.25) is 0 Å². The van der Waals surface area contributed by atoms with E-state index in [9.17, 15) is 4.79 Å². The lowest BCUT2D eigenvalue weighted by molar-refractivity contribution is -0.116. The molecule has 3 nitrogen and oxygen atoms in total. The van der Waals surface area contributed by atoms with Gasteiger partial charge < -0.3 is 10.6 Å². The lowest BCUT2D eigenvalue weighted by Crippen LogP contribution is -2.20. The number of benzene rings is 2. The maximum absolute atomic E-state index is 12.0. The van der Waals surface area contributed by atoms with Crippen LogP contribution in [-0.4, -0.2) is 5.91 Å². The quantitative estimate of drug-likeness (QED) is 0.874. The summed E-state index contributed by atoms with van der Waals surface area (Å²) in [5, 5.41) is 6.84. The summed E-state index contributed by atoms with van der Waals surface area (Å²) in [7, 11) is 0. The molecule has 1 amide bonds. The molecule has 0 saturated heterocycles. The van der Waals surface area contributed by atoms with Crippen molar-refractivity contribution in [1.82, 2.24) is 0 Å². The topological polar surface area (TPSA) is 41.1 Å². The molecule has 2 aromatic carbocycles. The van der Waals surface area contributed by atoms with Gasteiger partial charge in [-0.05, 0) is 36.8 Å². The summed E-state index contributed by atoms with van der Waals surface area (Å²) in [5.74, 6) is -0.0319. The number of aryl methyl sites for hydroxylation is 1. The summed E-state index contributed by atoms with van der Waals surface area (Å²) in [6, 6.07) is 12.9. The van der Waals surface area contributed by atoms with Crippen molar-refractivity contribution in [2.45, 2.75) is 13.0 Å². The molecule has 0 aliphatic carbocycles. The minimum atomic E-state index is -0.351. The summed E-state index contributed by atoms with van der Waals surface area (Å²) in [6.45, 7) is 1.97. The number of amides is 1. The molecule has 0 saturated carbocycles. The van der Waals surface area contributed by atoms with Crippen molar-refractivity contribution < 1.29 is 4.79 Å². The molecule has 1 unspecified atom stereocenters. The van der Waals surface area contributed by atoms with Gasteiger partial charge in [-0.2, -0.15) is 0 Å². The molecule has 0 radical (unpaired) electrons. The second-order valence-electron chi connectivity index (χ2n) is 4.61.